The summed E-state index contributed by atoms with van der Waals surface area (Å²) in [5.74, 6) is 5.44. The Kier molecular flexibility index (Phi) is 4.88. The summed E-state index contributed by atoms with van der Waals surface area (Å²) < 4.78 is 0. The summed E-state index contributed by atoms with van der Waals surface area (Å²) in [6.45, 7) is 0. The lowest BCUT2D eigenvalue weighted by Gasteiger charge is -1.97. The third-order valence-electron chi connectivity index (χ3n) is 1.39. The number of rotatable bonds is 2. The monoisotopic (exact) mass is 185 g/mol. The van der Waals surface area contributed by atoms with Crippen molar-refractivity contribution in [2.75, 3.05) is 0 Å². The maximum atomic E-state index is 5.43. The summed E-state index contributed by atoms with van der Waals surface area (Å²) in [6, 6.07) is 9.84. The molecule has 66 valence electrons. The minimum Gasteiger partial charge on any atom is -0.385 e. The summed E-state index contributed by atoms with van der Waals surface area (Å²) >= 11 is 0. The molecule has 0 fully saturated rings. The highest BCUT2D eigenvalue weighted by Crippen LogP contribution is 1.98. The molecule has 0 bridgehead atoms. The maximum Gasteiger partial charge on any atom is 0.123 e. The van der Waals surface area contributed by atoms with Crippen LogP contribution in [0.2, 0.25) is 0 Å². The van der Waals surface area contributed by atoms with Crippen LogP contribution in [0.4, 0.5) is 0 Å². The Bertz CT molecular complexity index is 246. The fraction of sp³-hybridized carbons (Fsp3) is 0.125. The van der Waals surface area contributed by atoms with E-state index in [9.17, 15) is 0 Å². The first-order valence-electron chi connectivity index (χ1n) is 3.39. The molecule has 0 heterocycles. The van der Waals surface area contributed by atoms with Crippen LogP contribution in [-0.2, 0) is 6.42 Å². The van der Waals surface area contributed by atoms with Crippen LogP contribution in [0.15, 0.2) is 35.4 Å². The molecular formula is C8H12ClN3. The van der Waals surface area contributed by atoms with Crippen LogP contribution in [0, 0.1) is 0 Å². The van der Waals surface area contributed by atoms with E-state index in [0.29, 0.717) is 12.3 Å². The lowest BCUT2D eigenvalue weighted by atomic mass is 10.1. The normalized spacial score (nSPS) is 10.5. The predicted octanol–water partition coefficient (Wildman–Crippen LogP) is 0.882. The van der Waals surface area contributed by atoms with Gasteiger partial charge in [-0.2, -0.15) is 5.10 Å². The molecule has 0 spiro atoms. The lowest BCUT2D eigenvalue weighted by Crippen LogP contribution is -2.16. The second kappa shape index (κ2) is 5.43. The number of nitrogens with two attached hydrogens (primary N) is 2. The van der Waals surface area contributed by atoms with Gasteiger partial charge in [0.25, 0.3) is 0 Å². The van der Waals surface area contributed by atoms with E-state index < -0.39 is 0 Å². The van der Waals surface area contributed by atoms with Crippen molar-refractivity contribution in [3.63, 3.8) is 0 Å². The third kappa shape index (κ3) is 3.25. The Morgan fingerprint density at radius 1 is 1.25 bits per heavy atom. The van der Waals surface area contributed by atoms with Crippen molar-refractivity contribution in [2.45, 2.75) is 6.42 Å². The van der Waals surface area contributed by atoms with Crippen molar-refractivity contribution in [3.05, 3.63) is 35.9 Å². The van der Waals surface area contributed by atoms with Crippen LogP contribution in [0.25, 0.3) is 0 Å². The number of halogens is 1. The zero-order chi connectivity index (χ0) is 8.10. The van der Waals surface area contributed by atoms with Gasteiger partial charge in [-0.25, -0.2) is 0 Å². The predicted molar refractivity (Wildman–Crippen MR) is 53.2 cm³/mol. The van der Waals surface area contributed by atoms with Crippen molar-refractivity contribution in [1.29, 1.82) is 0 Å². The zero-order valence-corrected chi connectivity index (χ0v) is 7.42. The molecule has 4 N–H and O–H groups in total. The van der Waals surface area contributed by atoms with E-state index in [1.54, 1.807) is 0 Å². The number of hydrogen-bond donors (Lipinski definition) is 2. The maximum absolute atomic E-state index is 5.43. The Morgan fingerprint density at radius 2 is 1.83 bits per heavy atom. The van der Waals surface area contributed by atoms with Crippen LogP contribution in [0.5, 0.6) is 0 Å². The molecule has 3 nitrogen and oxygen atoms in total. The van der Waals surface area contributed by atoms with Gasteiger partial charge in [-0.05, 0) is 5.56 Å². The van der Waals surface area contributed by atoms with Crippen LogP contribution in [0.3, 0.4) is 0 Å². The van der Waals surface area contributed by atoms with Crippen LogP contribution >= 0.6 is 12.4 Å². The van der Waals surface area contributed by atoms with Gasteiger partial charge in [-0.3, -0.25) is 0 Å². The van der Waals surface area contributed by atoms with Gasteiger partial charge in [-0.15, -0.1) is 12.4 Å². The highest BCUT2D eigenvalue weighted by molar-refractivity contribution is 5.85. The van der Waals surface area contributed by atoms with E-state index in [1.807, 2.05) is 30.3 Å². The second-order valence-corrected chi connectivity index (χ2v) is 2.28. The molecule has 0 radical (unpaired) electrons. The molecule has 0 unspecified atom stereocenters. The van der Waals surface area contributed by atoms with Gasteiger partial charge in [0.1, 0.15) is 5.84 Å². The van der Waals surface area contributed by atoms with E-state index in [0.717, 1.165) is 5.56 Å². The SMILES string of the molecule is Cl.N/N=C(\N)Cc1ccccc1. The average Bonchev–Trinajstić information content (AvgIpc) is 2.06. The highest BCUT2D eigenvalue weighted by atomic mass is 35.5. The Morgan fingerprint density at radius 3 is 2.33 bits per heavy atom. The minimum absolute atomic E-state index is 0. The summed E-state index contributed by atoms with van der Waals surface area (Å²) in [5.41, 5.74) is 6.55. The van der Waals surface area contributed by atoms with E-state index >= 15 is 0 Å². The van der Waals surface area contributed by atoms with Crippen LogP contribution < -0.4 is 11.6 Å². The molecule has 0 amide bonds. The van der Waals surface area contributed by atoms with Gasteiger partial charge in [0, 0.05) is 6.42 Å². The van der Waals surface area contributed by atoms with Crippen molar-refractivity contribution >= 4 is 18.2 Å². The fourth-order valence-corrected chi connectivity index (χ4v) is 0.851. The highest BCUT2D eigenvalue weighted by Gasteiger charge is 1.93. The molecule has 4 heteroatoms. The third-order valence-corrected chi connectivity index (χ3v) is 1.39. The number of hydrogen-bond acceptors (Lipinski definition) is 2. The summed E-state index contributed by atoms with van der Waals surface area (Å²) in [4.78, 5) is 0. The number of nitrogens with zero attached hydrogens (tertiary/aromatic N) is 1. The molecule has 0 saturated carbocycles. The van der Waals surface area contributed by atoms with Crippen molar-refractivity contribution < 1.29 is 0 Å². The van der Waals surface area contributed by atoms with Gasteiger partial charge in [0.2, 0.25) is 0 Å². The van der Waals surface area contributed by atoms with Crippen molar-refractivity contribution in [2.24, 2.45) is 16.7 Å². The number of amidine groups is 1. The van der Waals surface area contributed by atoms with Gasteiger partial charge in [0.05, 0.1) is 0 Å². The van der Waals surface area contributed by atoms with Gasteiger partial charge >= 0.3 is 0 Å². The Balaban J connectivity index is 0.00000121. The molecule has 0 atom stereocenters. The second-order valence-electron chi connectivity index (χ2n) is 2.28. The average molecular weight is 186 g/mol. The smallest absolute Gasteiger partial charge is 0.123 e. The summed E-state index contributed by atoms with van der Waals surface area (Å²) in [6.07, 6.45) is 0.622. The molecule has 0 aromatic heterocycles. The topological polar surface area (TPSA) is 64.4 Å². The van der Waals surface area contributed by atoms with E-state index in [2.05, 4.69) is 5.10 Å². The molecule has 1 aromatic carbocycles. The number of benzene rings is 1. The first kappa shape index (κ1) is 10.8. The Hall–Kier alpha value is -1.22. The van der Waals surface area contributed by atoms with Crippen LogP contribution in [0.1, 0.15) is 5.56 Å². The Labute approximate surface area is 77.9 Å². The first-order chi connectivity index (χ1) is 5.33. The van der Waals surface area contributed by atoms with Crippen molar-refractivity contribution in [1.82, 2.24) is 0 Å². The largest absolute Gasteiger partial charge is 0.385 e. The standard InChI is InChI=1S/C8H11N3.ClH/c9-8(11-10)6-7-4-2-1-3-5-7;/h1-5H,6,10H2,(H2,9,11);1H. The molecule has 12 heavy (non-hydrogen) atoms. The lowest BCUT2D eigenvalue weighted by molar-refractivity contribution is 1.17. The molecular weight excluding hydrogens is 174 g/mol. The molecule has 0 aliphatic rings. The van der Waals surface area contributed by atoms with Gasteiger partial charge < -0.3 is 11.6 Å². The molecule has 1 aromatic rings. The van der Waals surface area contributed by atoms with Gasteiger partial charge in [-0.1, -0.05) is 30.3 Å². The van der Waals surface area contributed by atoms with E-state index in [1.165, 1.54) is 0 Å². The first-order valence-corrected chi connectivity index (χ1v) is 3.39. The summed E-state index contributed by atoms with van der Waals surface area (Å²) in [7, 11) is 0. The fourth-order valence-electron chi connectivity index (χ4n) is 0.851. The molecule has 0 aliphatic carbocycles. The van der Waals surface area contributed by atoms with Crippen LogP contribution in [-0.4, -0.2) is 5.84 Å². The van der Waals surface area contributed by atoms with E-state index in [4.69, 9.17) is 11.6 Å². The minimum atomic E-state index is 0. The number of hydrazone groups is 1. The molecule has 0 aliphatic heterocycles. The molecule has 1 rings (SSSR count). The van der Waals surface area contributed by atoms with Crippen molar-refractivity contribution in [3.8, 4) is 0 Å². The quantitative estimate of drug-likeness (QED) is 0.311. The van der Waals surface area contributed by atoms with Gasteiger partial charge in [0.15, 0.2) is 0 Å². The van der Waals surface area contributed by atoms with E-state index in [-0.39, 0.29) is 12.4 Å². The summed E-state index contributed by atoms with van der Waals surface area (Å²) in [5, 5.41) is 3.38. The molecule has 0 saturated heterocycles. The zero-order valence-electron chi connectivity index (χ0n) is 6.60.